The number of fused-ring (bicyclic) bond motifs is 1. The van der Waals surface area contributed by atoms with E-state index in [1.54, 1.807) is 0 Å². The summed E-state index contributed by atoms with van der Waals surface area (Å²) in [5, 5.41) is 10.1. The van der Waals surface area contributed by atoms with Gasteiger partial charge in [0.15, 0.2) is 0 Å². The molecule has 2 aromatic carbocycles. The van der Waals surface area contributed by atoms with Crippen LogP contribution in [-0.4, -0.2) is 10.8 Å². The van der Waals surface area contributed by atoms with Gasteiger partial charge in [0.25, 0.3) is 0 Å². The summed E-state index contributed by atoms with van der Waals surface area (Å²) >= 11 is 0. The number of aromatic hydroxyl groups is 1. The predicted octanol–water partition coefficient (Wildman–Crippen LogP) is 5.06. The van der Waals surface area contributed by atoms with E-state index in [2.05, 4.69) is 50.3 Å². The Balaban J connectivity index is 2.11. The van der Waals surface area contributed by atoms with E-state index in [0.29, 0.717) is 5.75 Å². The number of nitrogens with zero attached hydrogens (tertiary/aromatic N) is 1. The minimum atomic E-state index is 0.272. The van der Waals surface area contributed by atoms with Crippen molar-refractivity contribution in [3.8, 4) is 5.75 Å². The average molecular weight is 291 g/mol. The van der Waals surface area contributed by atoms with Gasteiger partial charge >= 0.3 is 0 Å². The third kappa shape index (κ3) is 2.69. The minimum absolute atomic E-state index is 0.272. The Morgan fingerprint density at radius 1 is 1.14 bits per heavy atom. The lowest BCUT2D eigenvalue weighted by Crippen LogP contribution is -2.06. The van der Waals surface area contributed by atoms with Crippen molar-refractivity contribution in [1.29, 1.82) is 0 Å². The van der Waals surface area contributed by atoms with Crippen LogP contribution in [0.4, 0.5) is 5.69 Å². The molecule has 112 valence electrons. The summed E-state index contributed by atoms with van der Waals surface area (Å²) in [5.41, 5.74) is 6.36. The van der Waals surface area contributed by atoms with E-state index >= 15 is 0 Å². The maximum Gasteiger partial charge on any atom is 0.119 e. The van der Waals surface area contributed by atoms with Crippen LogP contribution in [0.2, 0.25) is 0 Å². The summed E-state index contributed by atoms with van der Waals surface area (Å²) in [6.07, 6.45) is 5.20. The summed E-state index contributed by atoms with van der Waals surface area (Å²) < 4.78 is 0. The van der Waals surface area contributed by atoms with Crippen molar-refractivity contribution in [3.63, 3.8) is 0 Å². The van der Waals surface area contributed by atoms with E-state index in [1.807, 2.05) is 19.1 Å². The van der Waals surface area contributed by atoms with E-state index in [0.717, 1.165) is 28.9 Å². The lowest BCUT2D eigenvalue weighted by molar-refractivity contribution is 0.464. The fourth-order valence-corrected chi connectivity index (χ4v) is 2.84. The highest BCUT2D eigenvalue weighted by molar-refractivity contribution is 6.11. The molecule has 0 unspecified atom stereocenters. The third-order valence-electron chi connectivity index (χ3n) is 4.11. The van der Waals surface area contributed by atoms with Gasteiger partial charge in [0.2, 0.25) is 0 Å². The lowest BCUT2D eigenvalue weighted by atomic mass is 9.95. The molecule has 0 amide bonds. The number of phenols is 1. The van der Waals surface area contributed by atoms with Crippen molar-refractivity contribution >= 4 is 11.4 Å². The van der Waals surface area contributed by atoms with Crippen LogP contribution >= 0.6 is 0 Å². The number of hydrogen-bond donors (Lipinski definition) is 1. The number of phenolic OH excluding ortho intramolecular Hbond substituents is 1. The first-order valence-electron chi connectivity index (χ1n) is 7.73. The van der Waals surface area contributed by atoms with Crippen molar-refractivity contribution < 1.29 is 5.11 Å². The number of aliphatic imine (C=N–C) groups is 1. The predicted molar refractivity (Wildman–Crippen MR) is 92.4 cm³/mol. The molecule has 1 aliphatic carbocycles. The second kappa shape index (κ2) is 5.80. The Bertz CT molecular complexity index is 769. The zero-order chi connectivity index (χ0) is 15.7. The number of benzene rings is 2. The van der Waals surface area contributed by atoms with Crippen LogP contribution in [0.3, 0.4) is 0 Å². The molecule has 22 heavy (non-hydrogen) atoms. The first kappa shape index (κ1) is 14.6. The molecular weight excluding hydrogens is 270 g/mol. The molecule has 1 N–H and O–H groups in total. The van der Waals surface area contributed by atoms with Crippen LogP contribution in [0.15, 0.2) is 53.5 Å². The number of rotatable bonds is 2. The zero-order valence-electron chi connectivity index (χ0n) is 13.3. The van der Waals surface area contributed by atoms with Crippen LogP contribution < -0.4 is 0 Å². The molecule has 0 atom stereocenters. The van der Waals surface area contributed by atoms with E-state index in [4.69, 9.17) is 4.99 Å². The Morgan fingerprint density at radius 2 is 1.91 bits per heavy atom. The second-order valence-electron chi connectivity index (χ2n) is 6.11. The van der Waals surface area contributed by atoms with Crippen LogP contribution in [-0.2, 0) is 6.42 Å². The molecule has 0 heterocycles. The highest BCUT2D eigenvalue weighted by atomic mass is 16.3. The van der Waals surface area contributed by atoms with E-state index in [1.165, 1.54) is 11.1 Å². The van der Waals surface area contributed by atoms with Gasteiger partial charge in [-0.05, 0) is 54.2 Å². The van der Waals surface area contributed by atoms with Gasteiger partial charge in [0, 0.05) is 5.56 Å². The van der Waals surface area contributed by atoms with E-state index in [9.17, 15) is 5.11 Å². The van der Waals surface area contributed by atoms with Crippen LogP contribution in [0, 0.1) is 6.92 Å². The molecule has 0 aliphatic heterocycles. The Kier molecular flexibility index (Phi) is 3.84. The molecule has 0 saturated heterocycles. The van der Waals surface area contributed by atoms with Crippen molar-refractivity contribution in [2.75, 3.05) is 0 Å². The van der Waals surface area contributed by atoms with Crippen LogP contribution in [0.1, 0.15) is 42.0 Å². The summed E-state index contributed by atoms with van der Waals surface area (Å²) in [6.45, 7) is 6.15. The molecular formula is C20H21NO. The van der Waals surface area contributed by atoms with Gasteiger partial charge in [-0.2, -0.15) is 0 Å². The first-order chi connectivity index (χ1) is 10.6. The van der Waals surface area contributed by atoms with Gasteiger partial charge in [-0.1, -0.05) is 44.2 Å². The summed E-state index contributed by atoms with van der Waals surface area (Å²) in [7, 11) is 0. The van der Waals surface area contributed by atoms with Crippen molar-refractivity contribution in [2.24, 2.45) is 4.99 Å². The Labute approximate surface area is 131 Å². The summed E-state index contributed by atoms with van der Waals surface area (Å²) in [4.78, 5) is 4.86. The molecule has 2 nitrogen and oxygen atoms in total. The third-order valence-corrected chi connectivity index (χ3v) is 4.11. The van der Waals surface area contributed by atoms with Crippen molar-refractivity contribution in [3.05, 3.63) is 70.8 Å². The average Bonchev–Trinajstić information content (AvgIpc) is 2.50. The standard InChI is InChI=1S/C20H21NO/c1-13(2)17-12-19(14(3)11-20(17)22)21-18-10-6-8-15-7-4-5-9-16(15)18/h4-7,9-13,22H,8H2,1-3H3. The molecule has 0 saturated carbocycles. The normalized spacial score (nSPS) is 15.4. The molecule has 0 spiro atoms. The molecule has 0 fully saturated rings. The van der Waals surface area contributed by atoms with Gasteiger partial charge in [-0.25, -0.2) is 4.99 Å². The smallest absolute Gasteiger partial charge is 0.119 e. The van der Waals surface area contributed by atoms with Gasteiger partial charge in [0.1, 0.15) is 5.75 Å². The fourth-order valence-electron chi connectivity index (χ4n) is 2.84. The van der Waals surface area contributed by atoms with Crippen molar-refractivity contribution in [1.82, 2.24) is 0 Å². The molecule has 2 aromatic rings. The van der Waals surface area contributed by atoms with E-state index in [-0.39, 0.29) is 5.92 Å². The molecule has 1 aliphatic rings. The Morgan fingerprint density at radius 3 is 2.68 bits per heavy atom. The van der Waals surface area contributed by atoms with Gasteiger partial charge in [-0.15, -0.1) is 0 Å². The first-order valence-corrected chi connectivity index (χ1v) is 7.73. The molecule has 3 rings (SSSR count). The molecule has 0 radical (unpaired) electrons. The molecule has 0 bridgehead atoms. The molecule has 2 heteroatoms. The lowest BCUT2D eigenvalue weighted by Gasteiger charge is -2.15. The number of aryl methyl sites for hydroxylation is 1. The second-order valence-corrected chi connectivity index (χ2v) is 6.11. The van der Waals surface area contributed by atoms with Gasteiger partial charge in [0.05, 0.1) is 11.4 Å². The van der Waals surface area contributed by atoms with Crippen LogP contribution in [0.5, 0.6) is 5.75 Å². The maximum absolute atomic E-state index is 10.1. The quantitative estimate of drug-likeness (QED) is 0.824. The summed E-state index contributed by atoms with van der Waals surface area (Å²) in [5.74, 6) is 0.629. The Hall–Kier alpha value is -2.35. The topological polar surface area (TPSA) is 32.6 Å². The number of hydrogen-bond acceptors (Lipinski definition) is 2. The largest absolute Gasteiger partial charge is 0.508 e. The van der Waals surface area contributed by atoms with Crippen molar-refractivity contribution in [2.45, 2.75) is 33.1 Å². The van der Waals surface area contributed by atoms with Crippen LogP contribution in [0.25, 0.3) is 0 Å². The van der Waals surface area contributed by atoms with Gasteiger partial charge in [-0.3, -0.25) is 0 Å². The highest BCUT2D eigenvalue weighted by Gasteiger charge is 2.13. The zero-order valence-corrected chi connectivity index (χ0v) is 13.3. The minimum Gasteiger partial charge on any atom is -0.508 e. The maximum atomic E-state index is 10.1. The monoisotopic (exact) mass is 291 g/mol. The van der Waals surface area contributed by atoms with Gasteiger partial charge < -0.3 is 5.11 Å². The molecule has 0 aromatic heterocycles. The van der Waals surface area contributed by atoms with E-state index < -0.39 is 0 Å². The highest BCUT2D eigenvalue weighted by Crippen LogP contribution is 2.33. The number of allylic oxidation sites excluding steroid dienone is 2. The summed E-state index contributed by atoms with van der Waals surface area (Å²) in [6, 6.07) is 12.2. The SMILES string of the molecule is Cc1cc(O)c(C(C)C)cc1N=C1C=CCc2ccccc21. The fraction of sp³-hybridized carbons (Fsp3) is 0.250.